The van der Waals surface area contributed by atoms with E-state index in [0.717, 1.165) is 16.0 Å². The number of ether oxygens (including phenoxy) is 3. The van der Waals surface area contributed by atoms with Crippen LogP contribution in [0.3, 0.4) is 0 Å². The number of rotatable bonds is 8. The first kappa shape index (κ1) is 23.9. The molecule has 2 aliphatic heterocycles. The maximum Gasteiger partial charge on any atom is 0.411 e. The lowest BCUT2D eigenvalue weighted by atomic mass is 9.97. The number of amides is 1. The summed E-state index contributed by atoms with van der Waals surface area (Å²) in [5, 5.41) is 11.1. The lowest BCUT2D eigenvalue weighted by molar-refractivity contribution is -0.169. The molecule has 0 aliphatic carbocycles. The van der Waals surface area contributed by atoms with Gasteiger partial charge in [-0.05, 0) is 30.2 Å². The average molecular weight is 492 g/mol. The van der Waals surface area contributed by atoms with Gasteiger partial charge in [0.25, 0.3) is 0 Å². The SMILES string of the molecule is Cc1ccc(S[C@@H]2O[C@H](COCc3ccccc3)[C@@H](O)[C@@H]3OC(=O)N(Cc4ccccc4)[C@H]32)cc1. The number of hydrogen-bond acceptors (Lipinski definition) is 6. The van der Waals surface area contributed by atoms with Crippen LogP contribution in [0.25, 0.3) is 0 Å². The molecule has 0 bridgehead atoms. The number of hydrogen-bond donors (Lipinski definition) is 1. The first-order valence-corrected chi connectivity index (χ1v) is 12.7. The Hall–Kier alpha value is -2.84. The van der Waals surface area contributed by atoms with Gasteiger partial charge < -0.3 is 19.3 Å². The van der Waals surface area contributed by atoms with Gasteiger partial charge in [0.1, 0.15) is 23.7 Å². The number of thioether (sulfide) groups is 1. The highest BCUT2D eigenvalue weighted by Gasteiger charge is 2.56. The van der Waals surface area contributed by atoms with Gasteiger partial charge >= 0.3 is 6.09 Å². The summed E-state index contributed by atoms with van der Waals surface area (Å²) in [5.41, 5.74) is 2.78. The molecule has 5 rings (SSSR count). The van der Waals surface area contributed by atoms with Crippen LogP contribution in [0.2, 0.25) is 0 Å². The van der Waals surface area contributed by atoms with Crippen molar-refractivity contribution in [1.29, 1.82) is 0 Å². The summed E-state index contributed by atoms with van der Waals surface area (Å²) >= 11 is 1.54. The molecule has 1 N–H and O–H groups in total. The Labute approximate surface area is 209 Å². The Balaban J connectivity index is 1.35. The Kier molecular flexibility index (Phi) is 7.39. The molecule has 0 saturated carbocycles. The largest absolute Gasteiger partial charge is 0.441 e. The van der Waals surface area contributed by atoms with Crippen molar-refractivity contribution in [2.45, 2.75) is 54.8 Å². The molecule has 3 aromatic carbocycles. The molecule has 2 saturated heterocycles. The van der Waals surface area contributed by atoms with E-state index in [1.807, 2.05) is 79.7 Å². The standard InChI is InChI=1S/C28H29NO5S/c1-19-12-14-22(15-13-19)35-27-24-26(34-28(31)29(24)16-20-8-4-2-5-9-20)25(30)23(33-27)18-32-17-21-10-6-3-7-11-21/h2-15,23-27,30H,16-18H2,1H3/t23-,24-,25-,26-,27+/m1/s1. The van der Waals surface area contributed by atoms with Gasteiger partial charge in [-0.15, -0.1) is 0 Å². The molecular weight excluding hydrogens is 462 g/mol. The van der Waals surface area contributed by atoms with E-state index in [0.29, 0.717) is 13.2 Å². The molecule has 6 nitrogen and oxygen atoms in total. The van der Waals surface area contributed by atoms with Crippen LogP contribution in [0.1, 0.15) is 16.7 Å². The second kappa shape index (κ2) is 10.8. The Morgan fingerprint density at radius 3 is 2.29 bits per heavy atom. The van der Waals surface area contributed by atoms with Crippen molar-refractivity contribution >= 4 is 17.9 Å². The fraction of sp³-hybridized carbons (Fsp3) is 0.321. The van der Waals surface area contributed by atoms with Crippen LogP contribution in [-0.4, -0.2) is 52.5 Å². The van der Waals surface area contributed by atoms with Gasteiger partial charge in [-0.3, -0.25) is 4.90 Å². The lowest BCUT2D eigenvalue weighted by Gasteiger charge is -2.42. The number of fused-ring (bicyclic) bond motifs is 1. The molecule has 1 amide bonds. The third kappa shape index (κ3) is 5.54. The first-order chi connectivity index (χ1) is 17.1. The highest BCUT2D eigenvalue weighted by Crippen LogP contribution is 2.41. The van der Waals surface area contributed by atoms with E-state index in [4.69, 9.17) is 14.2 Å². The number of aryl methyl sites for hydroxylation is 1. The van der Waals surface area contributed by atoms with Crippen molar-refractivity contribution in [2.75, 3.05) is 6.61 Å². The van der Waals surface area contributed by atoms with Crippen LogP contribution < -0.4 is 0 Å². The number of nitrogens with zero attached hydrogens (tertiary/aromatic N) is 1. The monoisotopic (exact) mass is 491 g/mol. The molecule has 0 unspecified atom stereocenters. The molecule has 0 aromatic heterocycles. The third-order valence-corrected chi connectivity index (χ3v) is 7.50. The van der Waals surface area contributed by atoms with Crippen molar-refractivity contribution in [3.63, 3.8) is 0 Å². The van der Waals surface area contributed by atoms with Gasteiger partial charge in [0.15, 0.2) is 6.10 Å². The maximum atomic E-state index is 12.9. The van der Waals surface area contributed by atoms with Crippen LogP contribution in [0.5, 0.6) is 0 Å². The van der Waals surface area contributed by atoms with Crippen molar-refractivity contribution in [2.24, 2.45) is 0 Å². The normalized spacial score (nSPS) is 25.8. The van der Waals surface area contributed by atoms with E-state index >= 15 is 0 Å². The van der Waals surface area contributed by atoms with Gasteiger partial charge in [-0.25, -0.2) is 4.79 Å². The zero-order valence-electron chi connectivity index (χ0n) is 19.5. The predicted octanol–water partition coefficient (Wildman–Crippen LogP) is 4.78. The topological polar surface area (TPSA) is 68.2 Å². The van der Waals surface area contributed by atoms with Crippen molar-refractivity contribution in [1.82, 2.24) is 4.90 Å². The summed E-state index contributed by atoms with van der Waals surface area (Å²) in [6, 6.07) is 27.4. The van der Waals surface area contributed by atoms with Crippen LogP contribution in [0, 0.1) is 6.92 Å². The van der Waals surface area contributed by atoms with Crippen LogP contribution in [0.15, 0.2) is 89.8 Å². The van der Waals surface area contributed by atoms with E-state index in [1.165, 1.54) is 17.3 Å². The molecule has 7 heteroatoms. The molecule has 35 heavy (non-hydrogen) atoms. The number of benzene rings is 3. The van der Waals surface area contributed by atoms with E-state index in [9.17, 15) is 9.90 Å². The number of aliphatic hydroxyl groups excluding tert-OH is 1. The summed E-state index contributed by atoms with van der Waals surface area (Å²) in [7, 11) is 0. The fourth-order valence-electron chi connectivity index (χ4n) is 4.47. The van der Waals surface area contributed by atoms with E-state index in [1.54, 1.807) is 4.90 Å². The van der Waals surface area contributed by atoms with E-state index < -0.39 is 35.9 Å². The van der Waals surface area contributed by atoms with Gasteiger partial charge in [0, 0.05) is 11.4 Å². The summed E-state index contributed by atoms with van der Waals surface area (Å²) < 4.78 is 18.0. The summed E-state index contributed by atoms with van der Waals surface area (Å²) in [5.74, 6) is 0. The van der Waals surface area contributed by atoms with Crippen molar-refractivity contribution in [3.05, 3.63) is 102 Å². The minimum Gasteiger partial charge on any atom is -0.441 e. The van der Waals surface area contributed by atoms with E-state index in [-0.39, 0.29) is 6.61 Å². The Morgan fingerprint density at radius 1 is 0.943 bits per heavy atom. The van der Waals surface area contributed by atoms with Crippen LogP contribution in [0.4, 0.5) is 4.79 Å². The Morgan fingerprint density at radius 2 is 1.60 bits per heavy atom. The predicted molar refractivity (Wildman–Crippen MR) is 134 cm³/mol. The van der Waals surface area contributed by atoms with Crippen LogP contribution >= 0.6 is 11.8 Å². The number of carbonyl (C=O) groups excluding carboxylic acids is 1. The minimum atomic E-state index is -0.990. The minimum absolute atomic E-state index is 0.195. The second-order valence-corrected chi connectivity index (χ2v) is 10.1. The molecule has 2 fully saturated rings. The maximum absolute atomic E-state index is 12.9. The molecule has 5 atom stereocenters. The molecule has 0 spiro atoms. The fourth-order valence-corrected chi connectivity index (χ4v) is 5.68. The third-order valence-electron chi connectivity index (χ3n) is 6.34. The number of aliphatic hydroxyl groups is 1. The summed E-state index contributed by atoms with van der Waals surface area (Å²) in [4.78, 5) is 15.6. The van der Waals surface area contributed by atoms with Gasteiger partial charge in [-0.1, -0.05) is 90.1 Å². The number of carbonyl (C=O) groups is 1. The smallest absolute Gasteiger partial charge is 0.411 e. The van der Waals surface area contributed by atoms with E-state index in [2.05, 4.69) is 12.1 Å². The van der Waals surface area contributed by atoms with Crippen molar-refractivity contribution in [3.8, 4) is 0 Å². The first-order valence-electron chi connectivity index (χ1n) is 11.8. The highest BCUT2D eigenvalue weighted by molar-refractivity contribution is 7.99. The van der Waals surface area contributed by atoms with Crippen LogP contribution in [-0.2, 0) is 27.4 Å². The highest BCUT2D eigenvalue weighted by atomic mass is 32.2. The zero-order chi connectivity index (χ0) is 24.2. The van der Waals surface area contributed by atoms with Gasteiger partial charge in [0.2, 0.25) is 0 Å². The summed E-state index contributed by atoms with van der Waals surface area (Å²) in [6.45, 7) is 3.04. The molecule has 2 heterocycles. The molecule has 182 valence electrons. The van der Waals surface area contributed by atoms with Crippen molar-refractivity contribution < 1.29 is 24.1 Å². The van der Waals surface area contributed by atoms with Gasteiger partial charge in [0.05, 0.1) is 13.2 Å². The molecule has 2 aliphatic rings. The van der Waals surface area contributed by atoms with Gasteiger partial charge in [-0.2, -0.15) is 0 Å². The molecular formula is C28H29NO5S. The Bertz CT molecular complexity index is 1110. The quantitative estimate of drug-likeness (QED) is 0.489. The second-order valence-electron chi connectivity index (χ2n) is 8.92. The zero-order valence-corrected chi connectivity index (χ0v) is 20.3. The average Bonchev–Trinajstić information content (AvgIpc) is 3.21. The lowest BCUT2D eigenvalue weighted by Crippen LogP contribution is -2.59. The molecule has 0 radical (unpaired) electrons. The summed E-state index contributed by atoms with van der Waals surface area (Å²) in [6.07, 6.45) is -2.75. The molecule has 3 aromatic rings.